The van der Waals surface area contributed by atoms with E-state index in [1.54, 1.807) is 32.4 Å². The van der Waals surface area contributed by atoms with Gasteiger partial charge in [0.2, 0.25) is 0 Å². The van der Waals surface area contributed by atoms with Crippen molar-refractivity contribution in [2.45, 2.75) is 13.0 Å². The minimum atomic E-state index is -0.0756. The molecule has 0 saturated carbocycles. The summed E-state index contributed by atoms with van der Waals surface area (Å²) in [7, 11) is 3.14. The maximum Gasteiger partial charge on any atom is 0.254 e. The van der Waals surface area contributed by atoms with E-state index in [2.05, 4.69) is 0 Å². The summed E-state index contributed by atoms with van der Waals surface area (Å²) in [4.78, 5) is 14.9. The first-order valence-electron chi connectivity index (χ1n) is 7.90. The molecule has 0 N–H and O–H groups in total. The number of carbonyl (C=O) groups is 1. The maximum atomic E-state index is 13.1. The lowest BCUT2D eigenvalue weighted by atomic mass is 10.0. The van der Waals surface area contributed by atoms with Crippen LogP contribution in [0.3, 0.4) is 0 Å². The van der Waals surface area contributed by atoms with Crippen LogP contribution in [0, 0.1) is 0 Å². The molecule has 1 amide bonds. The van der Waals surface area contributed by atoms with Crippen LogP contribution < -0.4 is 14.2 Å². The smallest absolute Gasteiger partial charge is 0.254 e. The highest BCUT2D eigenvalue weighted by molar-refractivity contribution is 5.95. The second-order valence-corrected chi connectivity index (χ2v) is 5.66. The van der Waals surface area contributed by atoms with Gasteiger partial charge >= 0.3 is 0 Å². The van der Waals surface area contributed by atoms with Gasteiger partial charge in [0.1, 0.15) is 23.9 Å². The third-order valence-corrected chi connectivity index (χ3v) is 4.29. The van der Waals surface area contributed by atoms with Crippen molar-refractivity contribution in [3.05, 3.63) is 53.6 Å². The van der Waals surface area contributed by atoms with Gasteiger partial charge in [-0.1, -0.05) is 18.2 Å². The Morgan fingerprint density at radius 1 is 1.12 bits per heavy atom. The highest BCUT2D eigenvalue weighted by atomic mass is 16.5. The minimum Gasteiger partial charge on any atom is -0.497 e. The molecular formula is C19H21NO4. The van der Waals surface area contributed by atoms with Crippen molar-refractivity contribution < 1.29 is 19.0 Å². The molecule has 2 aromatic rings. The summed E-state index contributed by atoms with van der Waals surface area (Å²) in [6, 6.07) is 13.0. The van der Waals surface area contributed by atoms with E-state index in [4.69, 9.17) is 14.2 Å². The van der Waals surface area contributed by atoms with Gasteiger partial charge in [0.05, 0.1) is 26.8 Å². The van der Waals surface area contributed by atoms with E-state index in [-0.39, 0.29) is 11.9 Å². The van der Waals surface area contributed by atoms with Crippen molar-refractivity contribution in [3.63, 3.8) is 0 Å². The van der Waals surface area contributed by atoms with E-state index in [1.807, 2.05) is 36.1 Å². The first-order chi connectivity index (χ1) is 11.6. The van der Waals surface area contributed by atoms with E-state index in [1.165, 1.54) is 0 Å². The van der Waals surface area contributed by atoms with Crippen LogP contribution in [0.4, 0.5) is 0 Å². The second kappa shape index (κ2) is 6.83. The third-order valence-electron chi connectivity index (χ3n) is 4.29. The number of hydrogen-bond acceptors (Lipinski definition) is 4. The van der Waals surface area contributed by atoms with Gasteiger partial charge < -0.3 is 19.1 Å². The topological polar surface area (TPSA) is 48.0 Å². The molecule has 0 spiro atoms. The largest absolute Gasteiger partial charge is 0.497 e. The molecule has 1 heterocycles. The molecule has 0 radical (unpaired) electrons. The zero-order valence-electron chi connectivity index (χ0n) is 14.1. The van der Waals surface area contributed by atoms with E-state index in [0.717, 1.165) is 11.3 Å². The van der Waals surface area contributed by atoms with Crippen LogP contribution >= 0.6 is 0 Å². The van der Waals surface area contributed by atoms with Gasteiger partial charge in [0.15, 0.2) is 0 Å². The van der Waals surface area contributed by atoms with Crippen LogP contribution in [0.2, 0.25) is 0 Å². The standard InChI is InChI=1S/C19H21NO4/c1-13-17-6-4-5-7-18(17)24-9-8-20(13)19(21)14-10-15(22-2)12-16(11-14)23-3/h4-7,10-13H,8-9H2,1-3H3. The number of para-hydroxylation sites is 1. The van der Waals surface area contributed by atoms with Crippen LogP contribution in [0.25, 0.3) is 0 Å². The van der Waals surface area contributed by atoms with Gasteiger partial charge in [0.25, 0.3) is 5.91 Å². The molecule has 1 atom stereocenters. The molecule has 24 heavy (non-hydrogen) atoms. The first-order valence-corrected chi connectivity index (χ1v) is 7.90. The lowest BCUT2D eigenvalue weighted by molar-refractivity contribution is 0.0681. The average molecular weight is 327 g/mol. The van der Waals surface area contributed by atoms with Crippen molar-refractivity contribution in [1.29, 1.82) is 0 Å². The van der Waals surface area contributed by atoms with Crippen LogP contribution in [0.15, 0.2) is 42.5 Å². The summed E-state index contributed by atoms with van der Waals surface area (Å²) < 4.78 is 16.3. The summed E-state index contributed by atoms with van der Waals surface area (Å²) in [5.74, 6) is 1.96. The van der Waals surface area contributed by atoms with Crippen molar-refractivity contribution in [3.8, 4) is 17.2 Å². The molecule has 1 unspecified atom stereocenters. The molecule has 0 aliphatic carbocycles. The van der Waals surface area contributed by atoms with Crippen molar-refractivity contribution in [1.82, 2.24) is 4.90 Å². The number of carbonyl (C=O) groups excluding carboxylic acids is 1. The molecule has 1 aliphatic rings. The number of hydrogen-bond donors (Lipinski definition) is 0. The van der Waals surface area contributed by atoms with Gasteiger partial charge in [-0.3, -0.25) is 4.79 Å². The average Bonchev–Trinajstić information content (AvgIpc) is 2.80. The Morgan fingerprint density at radius 3 is 2.46 bits per heavy atom. The third kappa shape index (κ3) is 3.02. The van der Waals surface area contributed by atoms with Gasteiger partial charge in [-0.05, 0) is 25.1 Å². The van der Waals surface area contributed by atoms with E-state index >= 15 is 0 Å². The van der Waals surface area contributed by atoms with Gasteiger partial charge in [-0.2, -0.15) is 0 Å². The highest BCUT2D eigenvalue weighted by Gasteiger charge is 2.27. The molecular weight excluding hydrogens is 306 g/mol. The minimum absolute atomic E-state index is 0.0694. The molecule has 5 heteroatoms. The molecule has 126 valence electrons. The quantitative estimate of drug-likeness (QED) is 0.868. The molecule has 0 fully saturated rings. The molecule has 5 nitrogen and oxygen atoms in total. The molecule has 1 aliphatic heterocycles. The zero-order valence-corrected chi connectivity index (χ0v) is 14.1. The Hall–Kier alpha value is -2.69. The number of rotatable bonds is 3. The Kier molecular flexibility index (Phi) is 4.60. The summed E-state index contributed by atoms with van der Waals surface area (Å²) in [6.07, 6.45) is 0. The predicted molar refractivity (Wildman–Crippen MR) is 90.9 cm³/mol. The van der Waals surface area contributed by atoms with Crippen molar-refractivity contribution in [2.24, 2.45) is 0 Å². The Bertz CT molecular complexity index is 722. The number of ether oxygens (including phenoxy) is 3. The number of amides is 1. The maximum absolute atomic E-state index is 13.1. The summed E-state index contributed by atoms with van der Waals surface area (Å²) in [6.45, 7) is 3.01. The monoisotopic (exact) mass is 327 g/mol. The van der Waals surface area contributed by atoms with Crippen molar-refractivity contribution >= 4 is 5.91 Å². The summed E-state index contributed by atoms with van der Waals surface area (Å²) in [5, 5.41) is 0. The van der Waals surface area contributed by atoms with E-state index < -0.39 is 0 Å². The van der Waals surface area contributed by atoms with E-state index in [0.29, 0.717) is 30.2 Å². The van der Waals surface area contributed by atoms with Crippen LogP contribution in [0.5, 0.6) is 17.2 Å². The summed E-state index contributed by atoms with van der Waals surface area (Å²) >= 11 is 0. The second-order valence-electron chi connectivity index (χ2n) is 5.66. The Labute approximate surface area is 141 Å². The molecule has 3 rings (SSSR count). The number of methoxy groups -OCH3 is 2. The zero-order chi connectivity index (χ0) is 17.1. The fourth-order valence-electron chi connectivity index (χ4n) is 2.95. The molecule has 0 saturated heterocycles. The molecule has 0 aromatic heterocycles. The molecule has 2 aromatic carbocycles. The number of fused-ring (bicyclic) bond motifs is 1. The number of nitrogens with zero attached hydrogens (tertiary/aromatic N) is 1. The highest BCUT2D eigenvalue weighted by Crippen LogP contribution is 2.33. The fourth-order valence-corrected chi connectivity index (χ4v) is 2.95. The van der Waals surface area contributed by atoms with Gasteiger partial charge in [0, 0.05) is 17.2 Å². The molecule has 0 bridgehead atoms. The van der Waals surface area contributed by atoms with E-state index in [9.17, 15) is 4.79 Å². The van der Waals surface area contributed by atoms with Gasteiger partial charge in [-0.15, -0.1) is 0 Å². The van der Waals surface area contributed by atoms with Crippen LogP contribution in [-0.2, 0) is 0 Å². The Balaban J connectivity index is 1.95. The van der Waals surface area contributed by atoms with Crippen LogP contribution in [-0.4, -0.2) is 38.2 Å². The predicted octanol–water partition coefficient (Wildman–Crippen LogP) is 3.30. The lowest BCUT2D eigenvalue weighted by Crippen LogP contribution is -2.35. The van der Waals surface area contributed by atoms with Gasteiger partial charge in [-0.25, -0.2) is 0 Å². The fraction of sp³-hybridized carbons (Fsp3) is 0.316. The Morgan fingerprint density at radius 2 is 1.79 bits per heavy atom. The van der Waals surface area contributed by atoms with Crippen LogP contribution in [0.1, 0.15) is 28.9 Å². The summed E-state index contributed by atoms with van der Waals surface area (Å²) in [5.41, 5.74) is 1.55. The normalized spacial score (nSPS) is 16.6. The number of benzene rings is 2. The SMILES string of the molecule is COc1cc(OC)cc(C(=O)N2CCOc3ccccc3C2C)c1. The lowest BCUT2D eigenvalue weighted by Gasteiger charge is -2.27. The van der Waals surface area contributed by atoms with Crippen molar-refractivity contribution in [2.75, 3.05) is 27.4 Å². The first kappa shape index (κ1) is 16.2.